The van der Waals surface area contributed by atoms with E-state index in [9.17, 15) is 4.57 Å². The van der Waals surface area contributed by atoms with Crippen LogP contribution < -0.4 is 0 Å². The molecule has 0 aliphatic heterocycles. The van der Waals surface area contributed by atoms with E-state index in [1.165, 1.54) is 0 Å². The van der Waals surface area contributed by atoms with E-state index in [1.807, 2.05) is 6.92 Å². The van der Waals surface area contributed by atoms with E-state index in [0.717, 1.165) is 6.42 Å². The fourth-order valence-corrected chi connectivity index (χ4v) is 1.08. The molecule has 1 unspecified atom stereocenters. The Kier molecular flexibility index (Phi) is 4.61. The summed E-state index contributed by atoms with van der Waals surface area (Å²) in [5.41, 5.74) is 0. The molecule has 0 aromatic rings. The zero-order valence-corrected chi connectivity index (χ0v) is 7.49. The average molecular weight is 180 g/mol. The summed E-state index contributed by atoms with van der Waals surface area (Å²) in [6.07, 6.45) is 3.70. The molecule has 0 saturated carbocycles. The van der Waals surface area contributed by atoms with Gasteiger partial charge in [-0.25, -0.2) is 4.57 Å². The molecule has 66 valence electrons. The van der Waals surface area contributed by atoms with E-state index in [-0.39, 0.29) is 0 Å². The quantitative estimate of drug-likeness (QED) is 0.507. The lowest BCUT2D eigenvalue weighted by Gasteiger charge is -2.08. The van der Waals surface area contributed by atoms with Crippen molar-refractivity contribution in [2.24, 2.45) is 0 Å². The largest absolute Gasteiger partial charge is 0.470 e. The summed E-state index contributed by atoms with van der Waals surface area (Å²) >= 11 is 0. The molecule has 0 saturated heterocycles. The van der Waals surface area contributed by atoms with Gasteiger partial charge in [-0.05, 0) is 13.3 Å². The van der Waals surface area contributed by atoms with E-state index < -0.39 is 13.9 Å². The molecule has 0 aromatic heterocycles. The van der Waals surface area contributed by atoms with Crippen LogP contribution in [0.3, 0.4) is 0 Å². The molecule has 0 bridgehead atoms. The van der Waals surface area contributed by atoms with E-state index in [2.05, 4.69) is 4.52 Å². The summed E-state index contributed by atoms with van der Waals surface area (Å²) in [4.78, 5) is 16.7. The highest BCUT2D eigenvalue weighted by Gasteiger charge is 2.16. The van der Waals surface area contributed by atoms with E-state index in [4.69, 9.17) is 9.79 Å². The van der Waals surface area contributed by atoms with Crippen LogP contribution in [-0.4, -0.2) is 15.9 Å². The Balaban J connectivity index is 3.79. The zero-order chi connectivity index (χ0) is 8.91. The molecule has 4 nitrogen and oxygen atoms in total. The fourth-order valence-electron chi connectivity index (χ4n) is 0.579. The normalized spacial score (nSPS) is 15.6. The van der Waals surface area contributed by atoms with Crippen molar-refractivity contribution in [2.75, 3.05) is 0 Å². The first kappa shape index (κ1) is 10.8. The number of allylic oxidation sites excluding steroid dienone is 1. The summed E-state index contributed by atoms with van der Waals surface area (Å²) in [7, 11) is -4.31. The highest BCUT2D eigenvalue weighted by molar-refractivity contribution is 7.46. The topological polar surface area (TPSA) is 66.8 Å². The van der Waals surface area contributed by atoms with Gasteiger partial charge in [0.15, 0.2) is 0 Å². The van der Waals surface area contributed by atoms with Crippen molar-refractivity contribution in [1.29, 1.82) is 0 Å². The van der Waals surface area contributed by atoms with Crippen molar-refractivity contribution < 1.29 is 18.9 Å². The second-order valence-electron chi connectivity index (χ2n) is 2.14. The van der Waals surface area contributed by atoms with Crippen LogP contribution in [0.5, 0.6) is 0 Å². The predicted molar refractivity (Wildman–Crippen MR) is 42.0 cm³/mol. The van der Waals surface area contributed by atoms with Crippen LogP contribution in [-0.2, 0) is 9.09 Å². The molecule has 0 spiro atoms. The molecule has 2 N–H and O–H groups in total. The Bertz CT molecular complexity index is 171. The van der Waals surface area contributed by atoms with Crippen LogP contribution >= 0.6 is 7.82 Å². The van der Waals surface area contributed by atoms with Crippen LogP contribution in [0, 0.1) is 0 Å². The van der Waals surface area contributed by atoms with Crippen molar-refractivity contribution in [1.82, 2.24) is 0 Å². The van der Waals surface area contributed by atoms with E-state index in [0.29, 0.717) is 0 Å². The molecular weight excluding hydrogens is 167 g/mol. The molecule has 5 heteroatoms. The number of hydrogen-bond acceptors (Lipinski definition) is 2. The van der Waals surface area contributed by atoms with E-state index in [1.54, 1.807) is 19.1 Å². The first-order valence-electron chi connectivity index (χ1n) is 3.36. The maximum Gasteiger partial charge on any atom is 0.470 e. The number of phosphoric acid groups is 1. The van der Waals surface area contributed by atoms with Gasteiger partial charge in [0, 0.05) is 0 Å². The molecule has 1 atom stereocenters. The second-order valence-corrected chi connectivity index (χ2v) is 3.33. The summed E-state index contributed by atoms with van der Waals surface area (Å²) in [5.74, 6) is 0. The zero-order valence-electron chi connectivity index (χ0n) is 6.60. The van der Waals surface area contributed by atoms with Crippen LogP contribution in [0.15, 0.2) is 12.2 Å². The fraction of sp³-hybridized carbons (Fsp3) is 0.667. The molecular formula is C6H13O4P. The molecule has 0 radical (unpaired) electrons. The summed E-state index contributed by atoms with van der Waals surface area (Å²) < 4.78 is 14.6. The van der Waals surface area contributed by atoms with Crippen molar-refractivity contribution in [3.63, 3.8) is 0 Å². The van der Waals surface area contributed by atoms with Gasteiger partial charge in [-0.15, -0.1) is 0 Å². The van der Waals surface area contributed by atoms with Crippen LogP contribution in [0.4, 0.5) is 0 Å². The van der Waals surface area contributed by atoms with Gasteiger partial charge in [-0.3, -0.25) is 4.52 Å². The molecule has 0 aliphatic rings. The van der Waals surface area contributed by atoms with Crippen LogP contribution in [0.2, 0.25) is 0 Å². The third kappa shape index (κ3) is 7.75. The third-order valence-corrected chi connectivity index (χ3v) is 1.55. The molecule has 0 heterocycles. The SMILES string of the molecule is CCC=CC(C)OP(=O)(O)O. The predicted octanol–water partition coefficient (Wildman–Crippen LogP) is 1.45. The van der Waals surface area contributed by atoms with Gasteiger partial charge in [0.1, 0.15) is 0 Å². The Morgan fingerprint density at radius 2 is 2.18 bits per heavy atom. The molecule has 0 aromatic carbocycles. The van der Waals surface area contributed by atoms with Gasteiger partial charge in [0.2, 0.25) is 0 Å². The lowest BCUT2D eigenvalue weighted by Crippen LogP contribution is -2.01. The maximum absolute atomic E-state index is 10.2. The van der Waals surface area contributed by atoms with Crippen LogP contribution in [0.1, 0.15) is 20.3 Å². The monoisotopic (exact) mass is 180 g/mol. The minimum absolute atomic E-state index is 0.532. The summed E-state index contributed by atoms with van der Waals surface area (Å²) in [6.45, 7) is 3.51. The van der Waals surface area contributed by atoms with Gasteiger partial charge in [-0.2, -0.15) is 0 Å². The van der Waals surface area contributed by atoms with Crippen molar-refractivity contribution >= 4 is 7.82 Å². The Morgan fingerprint density at radius 3 is 2.55 bits per heavy atom. The van der Waals surface area contributed by atoms with E-state index >= 15 is 0 Å². The number of phosphoric ester groups is 1. The number of hydrogen-bond donors (Lipinski definition) is 2. The van der Waals surface area contributed by atoms with Crippen molar-refractivity contribution in [3.05, 3.63) is 12.2 Å². The van der Waals surface area contributed by atoms with Gasteiger partial charge in [0.25, 0.3) is 0 Å². The summed E-state index contributed by atoms with van der Waals surface area (Å²) in [6, 6.07) is 0. The average Bonchev–Trinajstić information content (AvgIpc) is 1.79. The lowest BCUT2D eigenvalue weighted by atomic mass is 10.3. The van der Waals surface area contributed by atoms with Crippen molar-refractivity contribution in [3.8, 4) is 0 Å². The Hall–Kier alpha value is -0.150. The lowest BCUT2D eigenvalue weighted by molar-refractivity contribution is 0.171. The first-order valence-corrected chi connectivity index (χ1v) is 4.89. The smallest absolute Gasteiger partial charge is 0.303 e. The maximum atomic E-state index is 10.2. The second kappa shape index (κ2) is 4.67. The molecule has 0 rings (SSSR count). The molecule has 0 fully saturated rings. The third-order valence-electron chi connectivity index (χ3n) is 0.946. The highest BCUT2D eigenvalue weighted by Crippen LogP contribution is 2.37. The molecule has 0 aliphatic carbocycles. The number of rotatable bonds is 4. The van der Waals surface area contributed by atoms with Crippen molar-refractivity contribution in [2.45, 2.75) is 26.4 Å². The minimum atomic E-state index is -4.31. The summed E-state index contributed by atoms with van der Waals surface area (Å²) in [5, 5.41) is 0. The first-order chi connectivity index (χ1) is 4.95. The highest BCUT2D eigenvalue weighted by atomic mass is 31.2. The van der Waals surface area contributed by atoms with Gasteiger partial charge in [0.05, 0.1) is 6.10 Å². The molecule has 0 amide bonds. The van der Waals surface area contributed by atoms with Gasteiger partial charge < -0.3 is 9.79 Å². The standard InChI is InChI=1S/C6H13O4P/c1-3-4-5-6(2)10-11(7,8)9/h4-6H,3H2,1-2H3,(H2,7,8,9). The van der Waals surface area contributed by atoms with Crippen LogP contribution in [0.25, 0.3) is 0 Å². The minimum Gasteiger partial charge on any atom is -0.303 e. The Morgan fingerprint density at radius 1 is 1.64 bits per heavy atom. The van der Waals surface area contributed by atoms with Gasteiger partial charge >= 0.3 is 7.82 Å². The Labute approximate surface area is 66.1 Å². The van der Waals surface area contributed by atoms with Gasteiger partial charge in [-0.1, -0.05) is 19.1 Å². The molecule has 11 heavy (non-hydrogen) atoms.